The molecule has 0 saturated heterocycles. The number of aromatic nitrogens is 1. The molecular formula is C22H29NOSi. The van der Waals surface area contributed by atoms with E-state index in [2.05, 4.69) is 106 Å². The van der Waals surface area contributed by atoms with Crippen molar-refractivity contribution in [1.29, 1.82) is 0 Å². The molecule has 25 heavy (non-hydrogen) atoms. The average molecular weight is 352 g/mol. The van der Waals surface area contributed by atoms with E-state index in [9.17, 15) is 0 Å². The van der Waals surface area contributed by atoms with Crippen LogP contribution in [0.2, 0.25) is 18.1 Å². The van der Waals surface area contributed by atoms with E-state index >= 15 is 0 Å². The maximum absolute atomic E-state index is 6.59. The van der Waals surface area contributed by atoms with Gasteiger partial charge in [-0.05, 0) is 53.5 Å². The molecule has 0 fully saturated rings. The Labute approximate surface area is 152 Å². The van der Waals surface area contributed by atoms with Crippen LogP contribution in [0.15, 0.2) is 60.8 Å². The zero-order valence-electron chi connectivity index (χ0n) is 16.2. The van der Waals surface area contributed by atoms with Crippen molar-refractivity contribution in [2.24, 2.45) is 0 Å². The first-order chi connectivity index (χ1) is 11.7. The van der Waals surface area contributed by atoms with E-state index in [0.717, 1.165) is 5.88 Å². The molecule has 3 aromatic rings. The van der Waals surface area contributed by atoms with Crippen molar-refractivity contribution in [3.8, 4) is 5.88 Å². The second-order valence-corrected chi connectivity index (χ2v) is 13.1. The maximum atomic E-state index is 6.59. The van der Waals surface area contributed by atoms with Gasteiger partial charge in [-0.25, -0.2) is 0 Å². The van der Waals surface area contributed by atoms with E-state index in [0.29, 0.717) is 0 Å². The van der Waals surface area contributed by atoms with Crippen molar-refractivity contribution in [2.75, 3.05) is 0 Å². The number of fused-ring (bicyclic) bond motifs is 1. The second kappa shape index (κ2) is 6.38. The lowest BCUT2D eigenvalue weighted by molar-refractivity contribution is 0.437. The van der Waals surface area contributed by atoms with Gasteiger partial charge in [0.1, 0.15) is 0 Å². The molecule has 0 radical (unpaired) electrons. The van der Waals surface area contributed by atoms with Crippen LogP contribution in [0.25, 0.3) is 10.8 Å². The summed E-state index contributed by atoms with van der Waals surface area (Å²) >= 11 is 0. The Kier molecular flexibility index (Phi) is 4.54. The van der Waals surface area contributed by atoms with Gasteiger partial charge in [0.15, 0.2) is 5.88 Å². The molecule has 0 aliphatic rings. The second-order valence-electron chi connectivity index (χ2n) is 8.36. The molecule has 132 valence electrons. The third-order valence-corrected chi connectivity index (χ3v) is 9.93. The van der Waals surface area contributed by atoms with Gasteiger partial charge < -0.3 is 8.99 Å². The average Bonchev–Trinajstić information content (AvgIpc) is 3.00. The van der Waals surface area contributed by atoms with E-state index < -0.39 is 8.32 Å². The Hall–Kier alpha value is -2.00. The molecule has 0 aliphatic carbocycles. The van der Waals surface area contributed by atoms with Crippen LogP contribution in [-0.4, -0.2) is 12.9 Å². The largest absolute Gasteiger partial charge is 0.532 e. The SMILES string of the molecule is C[C@@H](c1cccc2ccccc12)n1cccc1O[Si](C)(C)C(C)(C)C. The molecular weight excluding hydrogens is 322 g/mol. The highest BCUT2D eigenvalue weighted by atomic mass is 28.4. The Morgan fingerprint density at radius 2 is 1.60 bits per heavy atom. The summed E-state index contributed by atoms with van der Waals surface area (Å²) in [4.78, 5) is 0. The first-order valence-corrected chi connectivity index (χ1v) is 11.9. The Bertz CT molecular complexity index is 868. The summed E-state index contributed by atoms with van der Waals surface area (Å²) in [6.45, 7) is 13.7. The zero-order valence-corrected chi connectivity index (χ0v) is 17.2. The Balaban J connectivity index is 1.99. The molecule has 1 heterocycles. The van der Waals surface area contributed by atoms with Gasteiger partial charge in [-0.2, -0.15) is 0 Å². The lowest BCUT2D eigenvalue weighted by atomic mass is 9.99. The van der Waals surface area contributed by atoms with Crippen molar-refractivity contribution in [3.05, 3.63) is 66.4 Å². The number of rotatable bonds is 4. The minimum atomic E-state index is -1.86. The molecule has 0 bridgehead atoms. The van der Waals surface area contributed by atoms with Crippen molar-refractivity contribution < 1.29 is 4.43 Å². The van der Waals surface area contributed by atoms with E-state index in [4.69, 9.17) is 4.43 Å². The zero-order chi connectivity index (χ0) is 18.2. The molecule has 0 N–H and O–H groups in total. The van der Waals surface area contributed by atoms with Crippen molar-refractivity contribution in [3.63, 3.8) is 0 Å². The van der Waals surface area contributed by atoms with E-state index in [-0.39, 0.29) is 11.1 Å². The molecule has 0 unspecified atom stereocenters. The van der Waals surface area contributed by atoms with Crippen LogP contribution in [0.5, 0.6) is 5.88 Å². The number of benzene rings is 2. The first kappa shape index (κ1) is 17.8. The minimum Gasteiger partial charge on any atom is -0.532 e. The van der Waals surface area contributed by atoms with Crippen LogP contribution in [0.1, 0.15) is 39.3 Å². The van der Waals surface area contributed by atoms with E-state index in [1.165, 1.54) is 16.3 Å². The van der Waals surface area contributed by atoms with Crippen molar-refractivity contribution >= 4 is 19.1 Å². The third kappa shape index (κ3) is 3.38. The summed E-state index contributed by atoms with van der Waals surface area (Å²) < 4.78 is 8.86. The molecule has 1 aromatic heterocycles. The highest BCUT2D eigenvalue weighted by Crippen LogP contribution is 2.38. The van der Waals surface area contributed by atoms with E-state index in [1.807, 2.05) is 0 Å². The van der Waals surface area contributed by atoms with Crippen LogP contribution in [0.3, 0.4) is 0 Å². The first-order valence-electron chi connectivity index (χ1n) is 9.04. The highest BCUT2D eigenvalue weighted by Gasteiger charge is 2.39. The molecule has 2 nitrogen and oxygen atoms in total. The Morgan fingerprint density at radius 1 is 0.920 bits per heavy atom. The van der Waals surface area contributed by atoms with E-state index in [1.54, 1.807) is 0 Å². The minimum absolute atomic E-state index is 0.185. The van der Waals surface area contributed by atoms with Gasteiger partial charge in [-0.3, -0.25) is 0 Å². The van der Waals surface area contributed by atoms with Crippen molar-refractivity contribution in [1.82, 2.24) is 4.57 Å². The molecule has 0 amide bonds. The number of hydrogen-bond acceptors (Lipinski definition) is 1. The summed E-state index contributed by atoms with van der Waals surface area (Å²) in [5, 5.41) is 2.78. The molecule has 0 spiro atoms. The summed E-state index contributed by atoms with van der Waals surface area (Å²) in [6, 6.07) is 19.5. The van der Waals surface area contributed by atoms with Crippen LogP contribution in [0.4, 0.5) is 0 Å². The smallest absolute Gasteiger partial charge is 0.252 e. The van der Waals surface area contributed by atoms with Gasteiger partial charge in [0, 0.05) is 6.20 Å². The molecule has 0 aliphatic heterocycles. The lowest BCUT2D eigenvalue weighted by Crippen LogP contribution is -2.44. The standard InChI is InChI=1S/C22H29NOSi/c1-17(19-14-9-12-18-11-7-8-13-20(18)19)23-16-10-15-21(23)24-25(5,6)22(2,3)4/h7-17H,1-6H3/t17-/m0/s1. The molecule has 2 aromatic carbocycles. The molecule has 0 saturated carbocycles. The predicted octanol–water partition coefficient (Wildman–Crippen LogP) is 6.63. The normalized spacial score (nSPS) is 13.8. The molecule has 1 atom stereocenters. The van der Waals surface area contributed by atoms with Crippen LogP contribution < -0.4 is 4.43 Å². The van der Waals surface area contributed by atoms with Gasteiger partial charge >= 0.3 is 0 Å². The van der Waals surface area contributed by atoms with Crippen LogP contribution >= 0.6 is 0 Å². The highest BCUT2D eigenvalue weighted by molar-refractivity contribution is 6.74. The van der Waals surface area contributed by atoms with Gasteiger partial charge in [-0.1, -0.05) is 63.2 Å². The van der Waals surface area contributed by atoms with Crippen molar-refractivity contribution in [2.45, 2.75) is 51.9 Å². The lowest BCUT2D eigenvalue weighted by Gasteiger charge is -2.37. The van der Waals surface area contributed by atoms with Gasteiger partial charge in [0.25, 0.3) is 8.32 Å². The number of hydrogen-bond donors (Lipinski definition) is 0. The third-order valence-electron chi connectivity index (χ3n) is 5.60. The monoisotopic (exact) mass is 351 g/mol. The fraction of sp³-hybridized carbons (Fsp3) is 0.364. The number of nitrogens with zero attached hydrogens (tertiary/aromatic N) is 1. The fourth-order valence-electron chi connectivity index (χ4n) is 2.96. The van der Waals surface area contributed by atoms with Gasteiger partial charge in [0.05, 0.1) is 6.04 Å². The van der Waals surface area contributed by atoms with Crippen LogP contribution in [0, 0.1) is 0 Å². The topological polar surface area (TPSA) is 14.2 Å². The molecule has 3 rings (SSSR count). The summed E-state index contributed by atoms with van der Waals surface area (Å²) in [5.41, 5.74) is 1.33. The fourth-order valence-corrected chi connectivity index (χ4v) is 3.97. The summed E-state index contributed by atoms with van der Waals surface area (Å²) in [7, 11) is -1.86. The summed E-state index contributed by atoms with van der Waals surface area (Å²) in [6.07, 6.45) is 2.13. The maximum Gasteiger partial charge on any atom is 0.252 e. The van der Waals surface area contributed by atoms with Gasteiger partial charge in [0.2, 0.25) is 0 Å². The summed E-state index contributed by atoms with van der Waals surface area (Å²) in [5.74, 6) is 0.979. The predicted molar refractivity (Wildman–Crippen MR) is 110 cm³/mol. The van der Waals surface area contributed by atoms with Crippen LogP contribution in [-0.2, 0) is 0 Å². The quantitative estimate of drug-likeness (QED) is 0.481. The van der Waals surface area contributed by atoms with Gasteiger partial charge in [-0.15, -0.1) is 0 Å². The Morgan fingerprint density at radius 3 is 2.32 bits per heavy atom. The molecule has 3 heteroatoms.